The first kappa shape index (κ1) is 36.3. The average Bonchev–Trinajstić information content (AvgIpc) is 3.63. The molecule has 3 aromatic heterocycles. The van der Waals surface area contributed by atoms with E-state index in [9.17, 15) is 0 Å². The Kier molecular flexibility index (Phi) is 9.91. The number of fused-ring (bicyclic) bond motifs is 3. The maximum Gasteiger partial charge on any atom is 2.00 e. The van der Waals surface area contributed by atoms with Crippen LogP contribution in [0.3, 0.4) is 0 Å². The van der Waals surface area contributed by atoms with E-state index in [1.807, 2.05) is 12.3 Å². The van der Waals surface area contributed by atoms with Crippen LogP contribution in [0.15, 0.2) is 91.1 Å². The third-order valence-corrected chi connectivity index (χ3v) is 9.61. The van der Waals surface area contributed by atoms with Crippen molar-refractivity contribution in [1.29, 1.82) is 0 Å². The minimum atomic E-state index is -0.126. The van der Waals surface area contributed by atoms with Crippen LogP contribution in [0.4, 0.5) is 0 Å². The maximum atomic E-state index is 6.70. The van der Waals surface area contributed by atoms with Crippen LogP contribution in [0, 0.1) is 19.1 Å². The van der Waals surface area contributed by atoms with Crippen molar-refractivity contribution in [1.82, 2.24) is 19.3 Å². The summed E-state index contributed by atoms with van der Waals surface area (Å²) in [4.78, 5) is 4.84. The smallest absolute Gasteiger partial charge is 0.509 e. The third-order valence-electron chi connectivity index (χ3n) is 9.61. The predicted octanol–water partition coefficient (Wildman–Crippen LogP) is 11.4. The Bertz CT molecular complexity index is 2350. The summed E-state index contributed by atoms with van der Waals surface area (Å²) < 4.78 is 11.0. The quantitative estimate of drug-likeness (QED) is 0.150. The van der Waals surface area contributed by atoms with Crippen molar-refractivity contribution in [3.05, 3.63) is 131 Å². The first-order valence-electron chi connectivity index (χ1n) is 17.7. The average molecular weight is 854 g/mol. The van der Waals surface area contributed by atoms with Gasteiger partial charge in [-0.3, -0.25) is 4.68 Å². The molecule has 0 saturated carbocycles. The van der Waals surface area contributed by atoms with Gasteiger partial charge in [0, 0.05) is 34.5 Å². The van der Waals surface area contributed by atoms with Crippen LogP contribution in [0.2, 0.25) is 0 Å². The van der Waals surface area contributed by atoms with Crippen LogP contribution in [0.1, 0.15) is 83.5 Å². The molecule has 0 amide bonds. The summed E-state index contributed by atoms with van der Waals surface area (Å²) in [5.41, 5.74) is 11.0. The number of pyridine rings is 1. The van der Waals surface area contributed by atoms with Gasteiger partial charge in [0.2, 0.25) is 0 Å². The second-order valence-electron chi connectivity index (χ2n) is 15.3. The minimum Gasteiger partial charge on any atom is -0.509 e. The van der Waals surface area contributed by atoms with E-state index in [4.69, 9.17) is 14.8 Å². The Morgan fingerprint density at radius 2 is 1.45 bits per heavy atom. The van der Waals surface area contributed by atoms with E-state index in [0.717, 1.165) is 57.4 Å². The molecule has 0 fully saturated rings. The van der Waals surface area contributed by atoms with E-state index in [2.05, 4.69) is 163 Å². The molecule has 5 nitrogen and oxygen atoms in total. The van der Waals surface area contributed by atoms with Crippen molar-refractivity contribution in [2.75, 3.05) is 0 Å². The third kappa shape index (κ3) is 6.94. The van der Waals surface area contributed by atoms with Gasteiger partial charge in [0.25, 0.3) is 0 Å². The van der Waals surface area contributed by atoms with Gasteiger partial charge in [0.05, 0.1) is 5.69 Å². The van der Waals surface area contributed by atoms with Gasteiger partial charge in [0.15, 0.2) is 0 Å². The first-order valence-corrected chi connectivity index (χ1v) is 17.7. The van der Waals surface area contributed by atoms with E-state index in [0.29, 0.717) is 11.5 Å². The van der Waals surface area contributed by atoms with Crippen molar-refractivity contribution >= 4 is 21.8 Å². The van der Waals surface area contributed by atoms with Crippen molar-refractivity contribution in [2.45, 2.75) is 86.0 Å². The van der Waals surface area contributed by atoms with Gasteiger partial charge in [0.1, 0.15) is 5.82 Å². The van der Waals surface area contributed by atoms with E-state index in [-0.39, 0.29) is 31.9 Å². The molecule has 0 spiro atoms. The topological polar surface area (TPSA) is 44.9 Å². The molecule has 3 heterocycles. The predicted molar refractivity (Wildman–Crippen MR) is 206 cm³/mol. The molecule has 262 valence electrons. The number of aryl methyl sites for hydroxylation is 2. The zero-order valence-corrected chi connectivity index (χ0v) is 33.4. The van der Waals surface area contributed by atoms with Crippen molar-refractivity contribution in [3.63, 3.8) is 0 Å². The second-order valence-corrected chi connectivity index (χ2v) is 15.3. The van der Waals surface area contributed by atoms with Crippen molar-refractivity contribution in [3.8, 4) is 34.1 Å². The molecule has 0 unspecified atom stereocenters. The van der Waals surface area contributed by atoms with Gasteiger partial charge < -0.3 is 9.30 Å². The SMILES string of the molecule is CCc1nn(-c2[c-]c(Oc3[c-]c4c(cc3)c3ccccc3n4-c3cc(C(C)(C)C)ccn3)cc(C(C)(C)C)c2)c(CC)c1-c1ccc(C)cc1.[Pt+2]. The summed E-state index contributed by atoms with van der Waals surface area (Å²) in [6.07, 6.45) is 3.57. The van der Waals surface area contributed by atoms with Gasteiger partial charge in [-0.05, 0) is 71.0 Å². The number of hydrogen-bond acceptors (Lipinski definition) is 3. The van der Waals surface area contributed by atoms with E-state index >= 15 is 0 Å². The Labute approximate surface area is 317 Å². The number of hydrogen-bond donors (Lipinski definition) is 0. The van der Waals surface area contributed by atoms with Crippen LogP contribution >= 0.6 is 0 Å². The molecule has 0 N–H and O–H groups in total. The molecular weight excluding hydrogens is 808 g/mol. The zero-order chi connectivity index (χ0) is 35.4. The molecule has 0 aliphatic heterocycles. The number of nitrogens with zero attached hydrogens (tertiary/aromatic N) is 4. The Hall–Kier alpha value is -4.47. The van der Waals surface area contributed by atoms with Crippen LogP contribution in [0.5, 0.6) is 11.5 Å². The van der Waals surface area contributed by atoms with E-state index in [1.54, 1.807) is 0 Å². The molecule has 6 heteroatoms. The molecule has 0 radical (unpaired) electrons. The molecule has 0 saturated heterocycles. The summed E-state index contributed by atoms with van der Waals surface area (Å²) in [6.45, 7) is 19.9. The molecule has 0 atom stereocenters. The maximum absolute atomic E-state index is 6.70. The Morgan fingerprint density at radius 1 is 0.725 bits per heavy atom. The van der Waals surface area contributed by atoms with Gasteiger partial charge >= 0.3 is 21.1 Å². The monoisotopic (exact) mass is 853 g/mol. The van der Waals surface area contributed by atoms with Gasteiger partial charge in [-0.15, -0.1) is 41.3 Å². The van der Waals surface area contributed by atoms with E-state index < -0.39 is 0 Å². The molecule has 0 aliphatic rings. The molecule has 7 aromatic rings. The largest absolute Gasteiger partial charge is 2.00 e. The summed E-state index contributed by atoms with van der Waals surface area (Å²) in [5, 5.41) is 7.44. The molecule has 0 aliphatic carbocycles. The Balaban J connectivity index is 0.00000448. The van der Waals surface area contributed by atoms with Crippen LogP contribution in [0.25, 0.3) is 44.4 Å². The number of ether oxygens (including phenoxy) is 1. The number of aromatic nitrogens is 4. The van der Waals surface area contributed by atoms with Crippen LogP contribution in [-0.4, -0.2) is 19.3 Å². The number of para-hydroxylation sites is 1. The first-order chi connectivity index (χ1) is 23.9. The van der Waals surface area contributed by atoms with E-state index in [1.165, 1.54) is 27.9 Å². The molecule has 7 rings (SSSR count). The zero-order valence-electron chi connectivity index (χ0n) is 31.1. The summed E-state index contributed by atoms with van der Waals surface area (Å²) in [6, 6.07) is 37.2. The molecule has 0 bridgehead atoms. The van der Waals surface area contributed by atoms with Crippen molar-refractivity contribution < 1.29 is 25.8 Å². The minimum absolute atomic E-state index is 0. The van der Waals surface area contributed by atoms with Crippen LogP contribution < -0.4 is 4.74 Å². The summed E-state index contributed by atoms with van der Waals surface area (Å²) in [7, 11) is 0. The number of benzene rings is 4. The normalized spacial score (nSPS) is 12.0. The molecular formula is C45H46N4OPt. The second kappa shape index (κ2) is 13.9. The van der Waals surface area contributed by atoms with Gasteiger partial charge in [-0.25, -0.2) is 4.98 Å². The number of rotatable bonds is 7. The fourth-order valence-electron chi connectivity index (χ4n) is 6.76. The van der Waals surface area contributed by atoms with Gasteiger partial charge in [-0.1, -0.05) is 109 Å². The van der Waals surface area contributed by atoms with Crippen LogP contribution in [-0.2, 0) is 44.7 Å². The summed E-state index contributed by atoms with van der Waals surface area (Å²) >= 11 is 0. The fourth-order valence-corrected chi connectivity index (χ4v) is 6.76. The fraction of sp³-hybridized carbons (Fsp3) is 0.289. The molecule has 4 aromatic carbocycles. The standard InChI is InChI=1S/C45H46N4O.Pt/c1-10-38-43(30-18-16-29(3)17-19-30)39(11-2)49(47-38)33-24-32(45(7,8)9)25-35(27-33)50-34-20-21-37-36-14-12-13-15-40(36)48(41(37)28-34)42-26-31(22-23-46-42)44(4,5)6;/h12-26H,10-11H2,1-9H3;/q-2;+2. The van der Waals surface area contributed by atoms with Gasteiger partial charge in [-0.2, -0.15) is 11.2 Å². The molecule has 51 heavy (non-hydrogen) atoms. The Morgan fingerprint density at radius 3 is 2.14 bits per heavy atom. The summed E-state index contributed by atoms with van der Waals surface area (Å²) in [5.74, 6) is 2.11. The van der Waals surface area contributed by atoms with Crippen molar-refractivity contribution in [2.24, 2.45) is 0 Å².